The number of aliphatic hydroxyl groups is 4. The number of aromatic amines is 1. The third-order valence-electron chi connectivity index (χ3n) is 3.10. The first-order chi connectivity index (χ1) is 9.96. The molecule has 118 valence electrons. The van der Waals surface area contributed by atoms with Crippen molar-refractivity contribution in [3.8, 4) is 0 Å². The number of anilines is 1. The first kappa shape index (κ1) is 16.2. The molecule has 1 fully saturated rings. The fourth-order valence-corrected chi connectivity index (χ4v) is 2.36. The molecule has 10 heteroatoms. The van der Waals surface area contributed by atoms with Crippen molar-refractivity contribution in [3.05, 3.63) is 16.4 Å². The van der Waals surface area contributed by atoms with Crippen LogP contribution in [0.2, 0.25) is 0 Å². The molecule has 1 saturated heterocycles. The maximum Gasteiger partial charge on any atom is 0.253 e. The highest BCUT2D eigenvalue weighted by Gasteiger charge is 2.43. The number of aromatic nitrogens is 2. The van der Waals surface area contributed by atoms with Crippen molar-refractivity contribution >= 4 is 17.6 Å². The fraction of sp³-hybridized carbons (Fsp3) is 0.636. The lowest BCUT2D eigenvalue weighted by Gasteiger charge is -2.40. The van der Waals surface area contributed by atoms with Crippen LogP contribution in [0.1, 0.15) is 0 Å². The van der Waals surface area contributed by atoms with Gasteiger partial charge in [-0.2, -0.15) is 0 Å². The van der Waals surface area contributed by atoms with E-state index < -0.39 is 37.3 Å². The molecule has 0 amide bonds. The monoisotopic (exact) mass is 319 g/mol. The zero-order chi connectivity index (χ0) is 15.6. The molecular weight excluding hydrogens is 302 g/mol. The normalized spacial score (nSPS) is 32.9. The Bertz CT molecular complexity index is 539. The number of ether oxygens (including phenoxy) is 1. The highest BCUT2D eigenvalue weighted by Crippen LogP contribution is 2.22. The molecule has 1 aliphatic heterocycles. The Morgan fingerprint density at radius 3 is 2.71 bits per heavy atom. The van der Waals surface area contributed by atoms with Crippen molar-refractivity contribution in [2.45, 2.75) is 35.8 Å². The molecule has 5 atom stereocenters. The van der Waals surface area contributed by atoms with E-state index in [1.807, 2.05) is 0 Å². The summed E-state index contributed by atoms with van der Waals surface area (Å²) < 4.78 is 5.27. The van der Waals surface area contributed by atoms with Gasteiger partial charge in [0.15, 0.2) is 11.4 Å². The summed E-state index contributed by atoms with van der Waals surface area (Å²) in [6.45, 7) is -0.526. The Morgan fingerprint density at radius 2 is 2.10 bits per heavy atom. The van der Waals surface area contributed by atoms with Gasteiger partial charge in [-0.15, -0.1) is 0 Å². The van der Waals surface area contributed by atoms with Gasteiger partial charge in [-0.05, 0) is 6.26 Å². The SMILES string of the molecule is CSc1nc(NC2OC(CO)C(O)C(O)C2O)cc(=O)[nH]1. The van der Waals surface area contributed by atoms with Gasteiger partial charge in [0.1, 0.15) is 30.2 Å². The minimum absolute atomic E-state index is 0.146. The van der Waals surface area contributed by atoms with Gasteiger partial charge in [0.25, 0.3) is 5.56 Å². The second-order valence-electron chi connectivity index (χ2n) is 4.53. The van der Waals surface area contributed by atoms with Crippen LogP contribution in [-0.2, 0) is 4.74 Å². The number of nitrogens with one attached hydrogen (secondary N) is 2. The molecule has 0 spiro atoms. The molecule has 0 saturated carbocycles. The number of hydrogen-bond acceptors (Lipinski definition) is 9. The summed E-state index contributed by atoms with van der Waals surface area (Å²) in [6, 6.07) is 1.17. The van der Waals surface area contributed by atoms with Gasteiger partial charge in [-0.1, -0.05) is 11.8 Å². The van der Waals surface area contributed by atoms with Crippen LogP contribution < -0.4 is 10.9 Å². The van der Waals surface area contributed by atoms with Crippen molar-refractivity contribution in [1.29, 1.82) is 0 Å². The number of aliphatic hydroxyl groups excluding tert-OH is 4. The Hall–Kier alpha value is -1.17. The lowest BCUT2D eigenvalue weighted by molar-refractivity contribution is -0.221. The van der Waals surface area contributed by atoms with Gasteiger partial charge in [0, 0.05) is 6.07 Å². The average molecular weight is 319 g/mol. The summed E-state index contributed by atoms with van der Waals surface area (Å²) in [5.41, 5.74) is -0.388. The highest BCUT2D eigenvalue weighted by molar-refractivity contribution is 7.98. The number of H-pyrrole nitrogens is 1. The standard InChI is InChI=1S/C11H17N3O6S/c1-21-11-13-5(2-6(16)14-11)12-10-9(19)8(18)7(17)4(3-15)20-10/h2,4,7-10,15,17-19H,3H2,1H3,(H2,12,13,14,16). The zero-order valence-corrected chi connectivity index (χ0v) is 11.9. The van der Waals surface area contributed by atoms with Gasteiger partial charge < -0.3 is 35.5 Å². The molecule has 9 nitrogen and oxygen atoms in total. The Balaban J connectivity index is 2.18. The Kier molecular flexibility index (Phi) is 5.19. The number of thioether (sulfide) groups is 1. The fourth-order valence-electron chi connectivity index (χ4n) is 1.97. The largest absolute Gasteiger partial charge is 0.394 e. The summed E-state index contributed by atoms with van der Waals surface area (Å²) in [7, 11) is 0. The molecule has 2 heterocycles. The smallest absolute Gasteiger partial charge is 0.253 e. The van der Waals surface area contributed by atoms with E-state index in [-0.39, 0.29) is 11.4 Å². The highest BCUT2D eigenvalue weighted by atomic mass is 32.2. The van der Waals surface area contributed by atoms with E-state index in [1.54, 1.807) is 6.26 Å². The van der Waals surface area contributed by atoms with Crippen LogP contribution in [0, 0.1) is 0 Å². The molecule has 1 aromatic rings. The summed E-state index contributed by atoms with van der Waals surface area (Å²) in [5, 5.41) is 41.4. The third-order valence-corrected chi connectivity index (χ3v) is 3.68. The van der Waals surface area contributed by atoms with Crippen LogP contribution >= 0.6 is 11.8 Å². The minimum Gasteiger partial charge on any atom is -0.394 e. The summed E-state index contributed by atoms with van der Waals surface area (Å²) in [4.78, 5) is 18.0. The molecule has 0 radical (unpaired) electrons. The molecule has 21 heavy (non-hydrogen) atoms. The van der Waals surface area contributed by atoms with Crippen LogP contribution in [0.4, 0.5) is 5.82 Å². The van der Waals surface area contributed by atoms with Crippen molar-refractivity contribution in [2.24, 2.45) is 0 Å². The predicted octanol–water partition coefficient (Wildman–Crippen LogP) is -2.30. The van der Waals surface area contributed by atoms with Crippen LogP contribution in [0.25, 0.3) is 0 Å². The predicted molar refractivity (Wildman–Crippen MR) is 74.0 cm³/mol. The van der Waals surface area contributed by atoms with E-state index in [0.717, 1.165) is 0 Å². The second-order valence-corrected chi connectivity index (χ2v) is 5.33. The third kappa shape index (κ3) is 3.54. The van der Waals surface area contributed by atoms with Crippen molar-refractivity contribution in [3.63, 3.8) is 0 Å². The van der Waals surface area contributed by atoms with E-state index in [1.165, 1.54) is 17.8 Å². The molecule has 0 aromatic carbocycles. The second kappa shape index (κ2) is 6.73. The first-order valence-electron chi connectivity index (χ1n) is 6.18. The van der Waals surface area contributed by atoms with Crippen LogP contribution in [0.3, 0.4) is 0 Å². The van der Waals surface area contributed by atoms with Crippen LogP contribution in [-0.4, -0.2) is 73.9 Å². The van der Waals surface area contributed by atoms with E-state index >= 15 is 0 Å². The zero-order valence-electron chi connectivity index (χ0n) is 11.1. The maximum absolute atomic E-state index is 11.4. The Morgan fingerprint density at radius 1 is 1.38 bits per heavy atom. The summed E-state index contributed by atoms with van der Waals surface area (Å²) in [5.74, 6) is 0.146. The first-order valence-corrected chi connectivity index (χ1v) is 7.41. The van der Waals surface area contributed by atoms with Crippen molar-refractivity contribution in [2.75, 3.05) is 18.2 Å². The van der Waals surface area contributed by atoms with Crippen molar-refractivity contribution < 1.29 is 25.2 Å². The molecule has 5 unspecified atom stereocenters. The van der Waals surface area contributed by atoms with Gasteiger partial charge in [-0.3, -0.25) is 4.79 Å². The lowest BCUT2D eigenvalue weighted by atomic mass is 9.98. The van der Waals surface area contributed by atoms with Crippen LogP contribution in [0.15, 0.2) is 16.0 Å². The topological polar surface area (TPSA) is 148 Å². The molecule has 0 aliphatic carbocycles. The van der Waals surface area contributed by atoms with Gasteiger partial charge >= 0.3 is 0 Å². The van der Waals surface area contributed by atoms with E-state index in [4.69, 9.17) is 9.84 Å². The maximum atomic E-state index is 11.4. The quantitative estimate of drug-likeness (QED) is 0.266. The van der Waals surface area contributed by atoms with Gasteiger partial charge in [-0.25, -0.2) is 4.98 Å². The van der Waals surface area contributed by atoms with Gasteiger partial charge in [0.05, 0.1) is 6.61 Å². The van der Waals surface area contributed by atoms with Gasteiger partial charge in [0.2, 0.25) is 0 Å². The molecule has 2 rings (SSSR count). The van der Waals surface area contributed by atoms with E-state index in [9.17, 15) is 20.1 Å². The lowest BCUT2D eigenvalue weighted by Crippen LogP contribution is -2.60. The van der Waals surface area contributed by atoms with Crippen LogP contribution in [0.5, 0.6) is 0 Å². The Labute approximate surface area is 124 Å². The average Bonchev–Trinajstić information content (AvgIpc) is 2.47. The van der Waals surface area contributed by atoms with E-state index in [2.05, 4.69) is 15.3 Å². The number of hydrogen-bond donors (Lipinski definition) is 6. The number of rotatable bonds is 4. The summed E-state index contributed by atoms with van der Waals surface area (Å²) in [6.07, 6.45) is -4.78. The molecule has 1 aromatic heterocycles. The molecule has 1 aliphatic rings. The van der Waals surface area contributed by atoms with Crippen molar-refractivity contribution in [1.82, 2.24) is 9.97 Å². The molecule has 6 N–H and O–H groups in total. The van der Waals surface area contributed by atoms with E-state index in [0.29, 0.717) is 5.16 Å². The molecule has 0 bridgehead atoms. The minimum atomic E-state index is -1.49. The summed E-state index contributed by atoms with van der Waals surface area (Å²) >= 11 is 1.23. The molecular formula is C11H17N3O6S. The number of nitrogens with zero attached hydrogens (tertiary/aromatic N) is 1.